The Kier molecular flexibility index (Phi) is 4.17. The van der Waals surface area contributed by atoms with Gasteiger partial charge < -0.3 is 15.3 Å². The number of ether oxygens (including phenoxy) is 1. The average molecular weight is 324 g/mol. The third-order valence-corrected chi connectivity index (χ3v) is 3.74. The second kappa shape index (κ2) is 5.52. The maximum atomic E-state index is 11.8. The standard InChI is InChI=1S/C10H11Cl2N3O3S/c1-2-17-8(16)7(5-4-19-9(13)14-5)15-18-6-3-10(6,11)12/h4,6H,2-3H2,1H3,(H2,13,14). The molecule has 0 radical (unpaired) electrons. The molecule has 0 aliphatic heterocycles. The second-order valence-corrected chi connectivity index (χ2v) is 6.22. The van der Waals surface area contributed by atoms with E-state index in [1.54, 1.807) is 12.3 Å². The maximum Gasteiger partial charge on any atom is 0.362 e. The Balaban J connectivity index is 2.14. The molecule has 1 aliphatic rings. The summed E-state index contributed by atoms with van der Waals surface area (Å²) in [5, 5.41) is 5.66. The molecule has 0 amide bonds. The van der Waals surface area contributed by atoms with E-state index in [1.165, 1.54) is 11.3 Å². The molecule has 9 heteroatoms. The van der Waals surface area contributed by atoms with Gasteiger partial charge in [-0.1, -0.05) is 28.4 Å². The number of thiazole rings is 1. The molecule has 19 heavy (non-hydrogen) atoms. The Morgan fingerprint density at radius 3 is 2.89 bits per heavy atom. The number of aromatic nitrogens is 1. The molecule has 1 aromatic heterocycles. The third kappa shape index (κ3) is 3.49. The van der Waals surface area contributed by atoms with E-state index in [0.717, 1.165) is 0 Å². The first kappa shape index (κ1) is 14.4. The predicted octanol–water partition coefficient (Wildman–Crippen LogP) is 1.96. The number of oxime groups is 1. The summed E-state index contributed by atoms with van der Waals surface area (Å²) in [5.41, 5.74) is 5.77. The lowest BCUT2D eigenvalue weighted by Gasteiger charge is -2.04. The van der Waals surface area contributed by atoms with Crippen molar-refractivity contribution < 1.29 is 14.4 Å². The van der Waals surface area contributed by atoms with Crippen molar-refractivity contribution in [2.45, 2.75) is 23.8 Å². The van der Waals surface area contributed by atoms with Crippen molar-refractivity contribution in [1.29, 1.82) is 0 Å². The maximum absolute atomic E-state index is 11.8. The normalized spacial score (nSPS) is 21.0. The number of nitrogen functional groups attached to an aromatic ring is 1. The first-order chi connectivity index (χ1) is 8.94. The Morgan fingerprint density at radius 2 is 2.42 bits per heavy atom. The fraction of sp³-hybridized carbons (Fsp3) is 0.500. The van der Waals surface area contributed by atoms with Crippen LogP contribution in [0.15, 0.2) is 10.5 Å². The van der Waals surface area contributed by atoms with Gasteiger partial charge in [-0.25, -0.2) is 9.78 Å². The highest BCUT2D eigenvalue weighted by molar-refractivity contribution is 7.13. The largest absolute Gasteiger partial charge is 0.461 e. The molecule has 0 spiro atoms. The summed E-state index contributed by atoms with van der Waals surface area (Å²) in [6, 6.07) is 0. The lowest BCUT2D eigenvalue weighted by atomic mass is 10.3. The van der Waals surface area contributed by atoms with Crippen LogP contribution >= 0.6 is 34.5 Å². The molecule has 104 valence electrons. The monoisotopic (exact) mass is 323 g/mol. The van der Waals surface area contributed by atoms with Gasteiger partial charge in [-0.15, -0.1) is 11.3 Å². The quantitative estimate of drug-likeness (QED) is 0.387. The number of nitrogens with zero attached hydrogens (tertiary/aromatic N) is 2. The van der Waals surface area contributed by atoms with Gasteiger partial charge >= 0.3 is 5.97 Å². The molecule has 1 aliphatic carbocycles. The van der Waals surface area contributed by atoms with Gasteiger partial charge in [0, 0.05) is 11.8 Å². The third-order valence-electron chi connectivity index (χ3n) is 2.27. The van der Waals surface area contributed by atoms with Crippen LogP contribution in [0.25, 0.3) is 0 Å². The number of carbonyl (C=O) groups is 1. The number of rotatable bonds is 5. The summed E-state index contributed by atoms with van der Waals surface area (Å²) in [7, 11) is 0. The smallest absolute Gasteiger partial charge is 0.362 e. The average Bonchev–Trinajstić information content (AvgIpc) is 2.72. The van der Waals surface area contributed by atoms with Crippen molar-refractivity contribution in [3.8, 4) is 0 Å². The van der Waals surface area contributed by atoms with Crippen LogP contribution in [0.4, 0.5) is 5.13 Å². The number of hydrogen-bond acceptors (Lipinski definition) is 7. The van der Waals surface area contributed by atoms with Crippen LogP contribution in [0.5, 0.6) is 0 Å². The van der Waals surface area contributed by atoms with Crippen molar-refractivity contribution in [3.63, 3.8) is 0 Å². The minimum atomic E-state index is -0.940. The molecule has 1 aromatic rings. The van der Waals surface area contributed by atoms with Gasteiger partial charge in [0.2, 0.25) is 5.71 Å². The summed E-state index contributed by atoms with van der Waals surface area (Å²) < 4.78 is 3.94. The fourth-order valence-electron chi connectivity index (χ4n) is 1.20. The highest BCUT2D eigenvalue weighted by Crippen LogP contribution is 2.49. The Bertz CT molecular complexity index is 518. The van der Waals surface area contributed by atoms with Crippen molar-refractivity contribution in [2.24, 2.45) is 5.16 Å². The van der Waals surface area contributed by atoms with Crippen LogP contribution in [0.2, 0.25) is 0 Å². The van der Waals surface area contributed by atoms with E-state index < -0.39 is 16.4 Å². The molecular formula is C10H11Cl2N3O3S. The number of carbonyl (C=O) groups excluding carboxylic acids is 1. The summed E-state index contributed by atoms with van der Waals surface area (Å²) in [6.45, 7) is 1.91. The van der Waals surface area contributed by atoms with E-state index in [0.29, 0.717) is 17.2 Å². The zero-order valence-corrected chi connectivity index (χ0v) is 12.3. The van der Waals surface area contributed by atoms with Gasteiger partial charge in [0.1, 0.15) is 5.69 Å². The summed E-state index contributed by atoms with van der Waals surface area (Å²) in [5.74, 6) is -0.636. The zero-order chi connectivity index (χ0) is 14.0. The van der Waals surface area contributed by atoms with E-state index in [-0.39, 0.29) is 12.3 Å². The molecule has 2 rings (SSSR count). The number of hydrogen-bond donors (Lipinski definition) is 1. The van der Waals surface area contributed by atoms with Crippen molar-refractivity contribution >= 4 is 51.4 Å². The molecule has 1 heterocycles. The first-order valence-electron chi connectivity index (χ1n) is 5.44. The van der Waals surface area contributed by atoms with Crippen LogP contribution in [0.1, 0.15) is 19.0 Å². The fourth-order valence-corrected chi connectivity index (χ4v) is 2.11. The summed E-state index contributed by atoms with van der Waals surface area (Å²) >= 11 is 12.8. The number of alkyl halides is 2. The molecule has 0 aromatic carbocycles. The molecule has 0 bridgehead atoms. The highest BCUT2D eigenvalue weighted by atomic mass is 35.5. The Morgan fingerprint density at radius 1 is 1.74 bits per heavy atom. The van der Waals surface area contributed by atoms with E-state index in [1.807, 2.05) is 0 Å². The van der Waals surface area contributed by atoms with Crippen LogP contribution in [-0.4, -0.2) is 33.7 Å². The van der Waals surface area contributed by atoms with Gasteiger partial charge in [-0.05, 0) is 6.92 Å². The molecule has 6 nitrogen and oxygen atoms in total. The molecule has 2 N–H and O–H groups in total. The lowest BCUT2D eigenvalue weighted by molar-refractivity contribution is -0.135. The lowest BCUT2D eigenvalue weighted by Crippen LogP contribution is -2.20. The topological polar surface area (TPSA) is 86.8 Å². The molecule has 1 saturated carbocycles. The summed E-state index contributed by atoms with van der Waals surface area (Å²) in [4.78, 5) is 20.8. The van der Waals surface area contributed by atoms with Crippen molar-refractivity contribution in [3.05, 3.63) is 11.1 Å². The number of nitrogens with two attached hydrogens (primary N) is 1. The van der Waals surface area contributed by atoms with Crippen molar-refractivity contribution in [1.82, 2.24) is 4.98 Å². The molecule has 1 fully saturated rings. The van der Waals surface area contributed by atoms with Crippen LogP contribution < -0.4 is 5.73 Å². The van der Waals surface area contributed by atoms with Crippen molar-refractivity contribution in [2.75, 3.05) is 12.3 Å². The minimum Gasteiger partial charge on any atom is -0.461 e. The predicted molar refractivity (Wildman–Crippen MR) is 73.6 cm³/mol. The SMILES string of the molecule is CCOC(=O)C(=NOC1CC1(Cl)Cl)c1csc(N)n1. The van der Waals surface area contributed by atoms with Gasteiger partial charge in [-0.2, -0.15) is 0 Å². The van der Waals surface area contributed by atoms with Gasteiger partial charge in [0.25, 0.3) is 0 Å². The first-order valence-corrected chi connectivity index (χ1v) is 7.07. The second-order valence-electron chi connectivity index (χ2n) is 3.79. The van der Waals surface area contributed by atoms with E-state index in [2.05, 4.69) is 10.1 Å². The number of anilines is 1. The minimum absolute atomic E-state index is 0.0502. The Hall–Kier alpha value is -1.05. The van der Waals surface area contributed by atoms with Gasteiger partial charge in [0.15, 0.2) is 15.6 Å². The van der Waals surface area contributed by atoms with Crippen LogP contribution in [-0.2, 0) is 14.4 Å². The van der Waals surface area contributed by atoms with Crippen LogP contribution in [0, 0.1) is 0 Å². The van der Waals surface area contributed by atoms with E-state index in [4.69, 9.17) is 38.5 Å². The molecular weight excluding hydrogens is 313 g/mol. The molecule has 1 atom stereocenters. The van der Waals surface area contributed by atoms with E-state index in [9.17, 15) is 4.79 Å². The van der Waals surface area contributed by atoms with Gasteiger partial charge in [0.05, 0.1) is 6.61 Å². The Labute approximate surface area is 123 Å². The molecule has 1 unspecified atom stereocenters. The highest BCUT2D eigenvalue weighted by Gasteiger charge is 2.55. The number of esters is 1. The zero-order valence-electron chi connectivity index (χ0n) is 9.93. The summed E-state index contributed by atoms with van der Waals surface area (Å²) in [6.07, 6.45) is 0.0193. The van der Waals surface area contributed by atoms with E-state index >= 15 is 0 Å². The van der Waals surface area contributed by atoms with Crippen LogP contribution in [0.3, 0.4) is 0 Å². The number of halogens is 2. The molecule has 0 saturated heterocycles. The van der Waals surface area contributed by atoms with Gasteiger partial charge in [-0.3, -0.25) is 0 Å².